The Hall–Kier alpha value is -1.25. The van der Waals surface area contributed by atoms with Gasteiger partial charge < -0.3 is 0 Å². The second kappa shape index (κ2) is 5.59. The molecule has 2 heterocycles. The van der Waals surface area contributed by atoms with Crippen molar-refractivity contribution in [2.24, 2.45) is 0 Å². The number of hydrogen-bond donors (Lipinski definition) is 0. The molecule has 0 radical (unpaired) electrons. The van der Waals surface area contributed by atoms with Crippen molar-refractivity contribution < 1.29 is 4.92 Å². The van der Waals surface area contributed by atoms with Gasteiger partial charge in [-0.25, -0.2) is 9.97 Å². The average molecular weight is 303 g/mol. The molecular formula is C9H7ClN4O2S2. The lowest BCUT2D eigenvalue weighted by atomic mass is 10.4. The van der Waals surface area contributed by atoms with Crippen molar-refractivity contribution in [3.63, 3.8) is 0 Å². The zero-order valence-corrected chi connectivity index (χ0v) is 11.6. The van der Waals surface area contributed by atoms with E-state index in [1.165, 1.54) is 23.7 Å². The minimum atomic E-state index is -0.493. The van der Waals surface area contributed by atoms with Gasteiger partial charge in [-0.2, -0.15) is 4.37 Å². The first-order chi connectivity index (χ1) is 8.60. The van der Waals surface area contributed by atoms with Gasteiger partial charge in [0.2, 0.25) is 0 Å². The molecule has 0 aromatic carbocycles. The van der Waals surface area contributed by atoms with E-state index in [1.807, 2.05) is 6.92 Å². The fourth-order valence-electron chi connectivity index (χ4n) is 1.13. The zero-order valence-electron chi connectivity index (χ0n) is 9.16. The Morgan fingerprint density at radius 3 is 2.89 bits per heavy atom. The van der Waals surface area contributed by atoms with Crippen molar-refractivity contribution in [1.29, 1.82) is 0 Å². The number of aryl methyl sites for hydroxylation is 1. The van der Waals surface area contributed by atoms with Crippen LogP contribution in [0.25, 0.3) is 0 Å². The molecule has 0 atom stereocenters. The summed E-state index contributed by atoms with van der Waals surface area (Å²) in [5.41, 5.74) is -0.0855. The maximum Gasteiger partial charge on any atom is 0.301 e. The molecule has 0 N–H and O–H groups in total. The van der Waals surface area contributed by atoms with Gasteiger partial charge in [0, 0.05) is 12.5 Å². The second-order valence-corrected chi connectivity index (χ2v) is 5.52. The molecule has 0 unspecified atom stereocenters. The van der Waals surface area contributed by atoms with Crippen LogP contribution < -0.4 is 0 Å². The third-order valence-corrected chi connectivity index (χ3v) is 3.95. The lowest BCUT2D eigenvalue weighted by Gasteiger charge is -1.99. The molecule has 9 heteroatoms. The average Bonchev–Trinajstić information content (AvgIpc) is 2.76. The molecule has 0 saturated heterocycles. The number of pyridine rings is 1. The third-order valence-electron chi connectivity index (χ3n) is 1.95. The lowest BCUT2D eigenvalue weighted by molar-refractivity contribution is -0.388. The molecule has 2 rings (SSSR count). The highest BCUT2D eigenvalue weighted by atomic mass is 35.5. The molecule has 18 heavy (non-hydrogen) atoms. The van der Waals surface area contributed by atoms with E-state index in [1.54, 1.807) is 0 Å². The van der Waals surface area contributed by atoms with Crippen molar-refractivity contribution in [3.8, 4) is 0 Å². The molecule has 0 saturated carbocycles. The van der Waals surface area contributed by atoms with Crippen molar-refractivity contribution in [2.75, 3.05) is 0 Å². The molecule has 94 valence electrons. The van der Waals surface area contributed by atoms with Crippen molar-refractivity contribution in [3.05, 3.63) is 33.2 Å². The van der Waals surface area contributed by atoms with E-state index in [0.717, 1.165) is 18.2 Å². The van der Waals surface area contributed by atoms with E-state index in [-0.39, 0.29) is 15.9 Å². The maximum absolute atomic E-state index is 10.9. The molecule has 0 aliphatic carbocycles. The van der Waals surface area contributed by atoms with E-state index in [4.69, 9.17) is 11.6 Å². The predicted octanol–water partition coefficient (Wildman–Crippen LogP) is 3.21. The number of halogens is 1. The number of nitrogens with zero attached hydrogens (tertiary/aromatic N) is 4. The summed E-state index contributed by atoms with van der Waals surface area (Å²) in [5.74, 6) is 0.715. The van der Waals surface area contributed by atoms with Gasteiger partial charge >= 0.3 is 5.69 Å². The first-order valence-corrected chi connectivity index (χ1v) is 6.88. The zero-order chi connectivity index (χ0) is 13.1. The van der Waals surface area contributed by atoms with Crippen LogP contribution in [0.3, 0.4) is 0 Å². The minimum Gasteiger partial charge on any atom is -0.258 e. The number of aromatic nitrogens is 3. The van der Waals surface area contributed by atoms with Crippen molar-refractivity contribution in [1.82, 2.24) is 14.3 Å². The molecule has 0 aliphatic rings. The van der Waals surface area contributed by atoms with Crippen LogP contribution in [0.5, 0.6) is 0 Å². The van der Waals surface area contributed by atoms with E-state index in [0.29, 0.717) is 10.2 Å². The van der Waals surface area contributed by atoms with E-state index in [9.17, 15) is 10.1 Å². The lowest BCUT2D eigenvalue weighted by Crippen LogP contribution is -1.93. The molecule has 6 nitrogen and oxygen atoms in total. The van der Waals surface area contributed by atoms with Crippen LogP contribution in [-0.4, -0.2) is 19.3 Å². The maximum atomic E-state index is 10.9. The highest BCUT2D eigenvalue weighted by molar-refractivity contribution is 8.01. The van der Waals surface area contributed by atoms with Crippen LogP contribution in [0, 0.1) is 10.1 Å². The fourth-order valence-corrected chi connectivity index (χ4v) is 3.03. The predicted molar refractivity (Wildman–Crippen MR) is 69.3 cm³/mol. The van der Waals surface area contributed by atoms with Gasteiger partial charge in [0.1, 0.15) is 11.0 Å². The van der Waals surface area contributed by atoms with Gasteiger partial charge in [0.05, 0.1) is 4.92 Å². The Balaban J connectivity index is 2.32. The fraction of sp³-hybridized carbons (Fsp3) is 0.222. The van der Waals surface area contributed by atoms with Crippen LogP contribution >= 0.6 is 34.9 Å². The Bertz CT molecular complexity index is 590. The highest BCUT2D eigenvalue weighted by Gasteiger charge is 2.18. The van der Waals surface area contributed by atoms with Gasteiger partial charge in [0.15, 0.2) is 9.37 Å². The molecule has 0 spiro atoms. The molecule has 0 fully saturated rings. The van der Waals surface area contributed by atoms with Crippen LogP contribution in [0.2, 0.25) is 5.15 Å². The van der Waals surface area contributed by atoms with E-state index < -0.39 is 4.92 Å². The van der Waals surface area contributed by atoms with E-state index in [2.05, 4.69) is 14.3 Å². The second-order valence-electron chi connectivity index (χ2n) is 3.15. The van der Waals surface area contributed by atoms with E-state index >= 15 is 0 Å². The monoisotopic (exact) mass is 302 g/mol. The van der Waals surface area contributed by atoms with Crippen LogP contribution in [0.1, 0.15) is 12.7 Å². The first kappa shape index (κ1) is 13.2. The molecular weight excluding hydrogens is 296 g/mol. The minimum absolute atomic E-state index is 0.0855. The quantitative estimate of drug-likeness (QED) is 0.490. The highest BCUT2D eigenvalue weighted by Crippen LogP contribution is 2.34. The number of hydrogen-bond acceptors (Lipinski definition) is 7. The van der Waals surface area contributed by atoms with Gasteiger partial charge in [0.25, 0.3) is 0 Å². The number of nitro groups is 1. The smallest absolute Gasteiger partial charge is 0.258 e. The Morgan fingerprint density at radius 2 is 2.28 bits per heavy atom. The summed E-state index contributed by atoms with van der Waals surface area (Å²) in [4.78, 5) is 18.5. The van der Waals surface area contributed by atoms with Gasteiger partial charge in [-0.15, -0.1) is 0 Å². The summed E-state index contributed by atoms with van der Waals surface area (Å²) >= 11 is 8.03. The van der Waals surface area contributed by atoms with Gasteiger partial charge in [-0.05, 0) is 29.4 Å². The first-order valence-electron chi connectivity index (χ1n) is 4.91. The van der Waals surface area contributed by atoms with Crippen LogP contribution in [0.4, 0.5) is 5.69 Å². The largest absolute Gasteiger partial charge is 0.301 e. The molecule has 2 aromatic heterocycles. The van der Waals surface area contributed by atoms with Crippen molar-refractivity contribution in [2.45, 2.75) is 22.7 Å². The third kappa shape index (κ3) is 2.95. The summed E-state index contributed by atoms with van der Waals surface area (Å²) in [6.07, 6.45) is 0.724. The standard InChI is InChI=1S/C9H7ClN4O2S2/c1-2-7-12-9(18-13-7)17-8-5(14(15)16)3-4-6(10)11-8/h3-4H,2H2,1H3. The Kier molecular flexibility index (Phi) is 4.10. The van der Waals surface area contributed by atoms with Gasteiger partial charge in [-0.3, -0.25) is 10.1 Å². The summed E-state index contributed by atoms with van der Waals surface area (Å²) in [7, 11) is 0. The molecule has 2 aromatic rings. The molecule has 0 bridgehead atoms. The Morgan fingerprint density at radius 1 is 1.50 bits per heavy atom. The van der Waals surface area contributed by atoms with Crippen LogP contribution in [0.15, 0.2) is 21.5 Å². The molecule has 0 amide bonds. The van der Waals surface area contributed by atoms with Gasteiger partial charge in [-0.1, -0.05) is 18.5 Å². The van der Waals surface area contributed by atoms with Crippen LogP contribution in [-0.2, 0) is 6.42 Å². The normalized spacial score (nSPS) is 10.6. The summed E-state index contributed by atoms with van der Waals surface area (Å²) < 4.78 is 4.72. The summed E-state index contributed by atoms with van der Waals surface area (Å²) in [6.45, 7) is 1.94. The Labute approximate surface area is 116 Å². The van der Waals surface area contributed by atoms with Crippen molar-refractivity contribution >= 4 is 40.6 Å². The molecule has 0 aliphatic heterocycles. The topological polar surface area (TPSA) is 81.8 Å². The number of rotatable bonds is 4. The summed E-state index contributed by atoms with van der Waals surface area (Å²) in [6, 6.07) is 2.72. The SMILES string of the molecule is CCc1nsc(Sc2nc(Cl)ccc2[N+](=O)[O-])n1. The summed E-state index contributed by atoms with van der Waals surface area (Å²) in [5, 5.41) is 11.3.